The van der Waals surface area contributed by atoms with Crippen molar-refractivity contribution in [3.63, 3.8) is 0 Å². The molecule has 0 atom stereocenters. The van der Waals surface area contributed by atoms with E-state index in [1.54, 1.807) is 25.2 Å². The molecule has 26 heavy (non-hydrogen) atoms. The zero-order valence-corrected chi connectivity index (χ0v) is 16.4. The summed E-state index contributed by atoms with van der Waals surface area (Å²) in [5, 5.41) is 4.66. The summed E-state index contributed by atoms with van der Waals surface area (Å²) in [5.74, 6) is -0.507. The average molecular weight is 408 g/mol. The smallest absolute Gasteiger partial charge is 0.383 e. The van der Waals surface area contributed by atoms with Crippen molar-refractivity contribution < 1.29 is 18.0 Å². The number of carbonyl (C=O) groups excluding carboxylic acids is 1. The van der Waals surface area contributed by atoms with E-state index >= 15 is 0 Å². The summed E-state index contributed by atoms with van der Waals surface area (Å²) in [4.78, 5) is 14.6. The van der Waals surface area contributed by atoms with Gasteiger partial charge in [0, 0.05) is 25.7 Å². The lowest BCUT2D eigenvalue weighted by Crippen LogP contribution is -2.26. The van der Waals surface area contributed by atoms with Crippen LogP contribution in [0.2, 0.25) is 10.0 Å². The lowest BCUT2D eigenvalue weighted by molar-refractivity contribution is -0.137. The van der Waals surface area contributed by atoms with Crippen LogP contribution in [0.25, 0.3) is 0 Å². The molecule has 1 aliphatic heterocycles. The van der Waals surface area contributed by atoms with E-state index in [-0.39, 0.29) is 15.7 Å². The number of hydrogen-bond donors (Lipinski definition) is 0. The van der Waals surface area contributed by atoms with E-state index in [0.29, 0.717) is 11.3 Å². The maximum absolute atomic E-state index is 12.9. The summed E-state index contributed by atoms with van der Waals surface area (Å²) in [6.45, 7) is 5.63. The van der Waals surface area contributed by atoms with E-state index in [9.17, 15) is 18.0 Å². The summed E-state index contributed by atoms with van der Waals surface area (Å²) < 4.78 is 38.8. The Morgan fingerprint density at radius 1 is 1.12 bits per heavy atom. The SMILES string of the molecule is CN(C)C=C1C(=O)N(c2c(Cl)cc(C(F)(F)F)cc2Cl)N=C1C(C)(C)C. The highest BCUT2D eigenvalue weighted by molar-refractivity contribution is 6.42. The Kier molecular flexibility index (Phi) is 5.36. The summed E-state index contributed by atoms with van der Waals surface area (Å²) in [7, 11) is 3.50. The average Bonchev–Trinajstić information content (AvgIpc) is 2.74. The third-order valence-electron chi connectivity index (χ3n) is 3.53. The van der Waals surface area contributed by atoms with Crippen LogP contribution >= 0.6 is 23.2 Å². The van der Waals surface area contributed by atoms with Crippen LogP contribution in [0.4, 0.5) is 18.9 Å². The molecule has 2 rings (SSSR count). The second-order valence-electron chi connectivity index (χ2n) is 7.11. The number of alkyl halides is 3. The number of hydrogen-bond acceptors (Lipinski definition) is 3. The molecule has 0 saturated carbocycles. The molecule has 4 nitrogen and oxygen atoms in total. The largest absolute Gasteiger partial charge is 0.416 e. The number of nitrogens with zero attached hydrogens (tertiary/aromatic N) is 3. The Hall–Kier alpha value is -1.73. The Bertz CT molecular complexity index is 785. The van der Waals surface area contributed by atoms with E-state index < -0.39 is 23.1 Å². The first-order valence-corrected chi connectivity index (χ1v) is 8.37. The molecule has 0 spiro atoms. The number of carbonyl (C=O) groups is 1. The van der Waals surface area contributed by atoms with Gasteiger partial charge in [0.25, 0.3) is 5.91 Å². The Morgan fingerprint density at radius 3 is 2.00 bits per heavy atom. The summed E-state index contributed by atoms with van der Waals surface area (Å²) in [6, 6.07) is 1.46. The van der Waals surface area contributed by atoms with Crippen molar-refractivity contribution in [2.24, 2.45) is 10.5 Å². The first kappa shape index (κ1) is 20.6. The molecule has 0 fully saturated rings. The fraction of sp³-hybridized carbons (Fsp3) is 0.412. The second kappa shape index (κ2) is 6.78. The van der Waals surface area contributed by atoms with Gasteiger partial charge in [-0.2, -0.15) is 23.3 Å². The second-order valence-corrected chi connectivity index (χ2v) is 7.92. The zero-order chi connectivity index (χ0) is 20.0. The number of benzene rings is 1. The van der Waals surface area contributed by atoms with Crippen molar-refractivity contribution in [2.45, 2.75) is 26.9 Å². The van der Waals surface area contributed by atoms with Crippen LogP contribution < -0.4 is 5.01 Å². The van der Waals surface area contributed by atoms with E-state index in [4.69, 9.17) is 23.2 Å². The van der Waals surface area contributed by atoms with Crippen molar-refractivity contribution in [3.8, 4) is 0 Å². The van der Waals surface area contributed by atoms with E-state index in [2.05, 4.69) is 5.10 Å². The van der Waals surface area contributed by atoms with E-state index in [1.165, 1.54) is 0 Å². The predicted molar refractivity (Wildman–Crippen MR) is 97.6 cm³/mol. The highest BCUT2D eigenvalue weighted by Gasteiger charge is 2.40. The van der Waals surface area contributed by atoms with Gasteiger partial charge >= 0.3 is 6.18 Å². The third-order valence-corrected chi connectivity index (χ3v) is 4.11. The van der Waals surface area contributed by atoms with Crippen molar-refractivity contribution in [3.05, 3.63) is 39.5 Å². The molecule has 0 unspecified atom stereocenters. The summed E-state index contributed by atoms with van der Waals surface area (Å²) in [5.41, 5.74) is -0.725. The Morgan fingerprint density at radius 2 is 1.62 bits per heavy atom. The highest BCUT2D eigenvalue weighted by atomic mass is 35.5. The highest BCUT2D eigenvalue weighted by Crippen LogP contribution is 2.43. The number of halogens is 5. The van der Waals surface area contributed by atoms with Gasteiger partial charge in [0.2, 0.25) is 0 Å². The Labute approximate surface area is 159 Å². The first-order chi connectivity index (χ1) is 11.7. The minimum absolute atomic E-state index is 0.0739. The molecule has 1 amide bonds. The maximum atomic E-state index is 12.9. The number of amides is 1. The molecule has 0 aromatic heterocycles. The van der Waals surface area contributed by atoms with Crippen LogP contribution in [0, 0.1) is 5.41 Å². The molecule has 0 radical (unpaired) electrons. The molecule has 142 valence electrons. The molecule has 1 heterocycles. The molecular weight excluding hydrogens is 390 g/mol. The monoisotopic (exact) mass is 407 g/mol. The van der Waals surface area contributed by atoms with Crippen LogP contribution in [0.15, 0.2) is 29.0 Å². The molecule has 1 aromatic rings. The van der Waals surface area contributed by atoms with Crippen molar-refractivity contribution in [2.75, 3.05) is 19.1 Å². The molecule has 0 aliphatic carbocycles. The molecule has 0 bridgehead atoms. The van der Waals surface area contributed by atoms with Gasteiger partial charge < -0.3 is 4.90 Å². The lowest BCUT2D eigenvalue weighted by Gasteiger charge is -2.18. The summed E-state index contributed by atoms with van der Waals surface area (Å²) >= 11 is 12.0. The van der Waals surface area contributed by atoms with E-state index in [1.807, 2.05) is 20.8 Å². The van der Waals surface area contributed by atoms with Gasteiger partial charge in [-0.25, -0.2) is 0 Å². The third kappa shape index (κ3) is 3.99. The van der Waals surface area contributed by atoms with Crippen LogP contribution in [0.3, 0.4) is 0 Å². The predicted octanol–water partition coefficient (Wildman–Crippen LogP) is 5.21. The maximum Gasteiger partial charge on any atom is 0.416 e. The van der Waals surface area contributed by atoms with Gasteiger partial charge in [-0.15, -0.1) is 0 Å². The van der Waals surface area contributed by atoms with Crippen molar-refractivity contribution in [1.82, 2.24) is 4.90 Å². The van der Waals surface area contributed by atoms with Gasteiger partial charge in [0.15, 0.2) is 0 Å². The standard InChI is InChI=1S/C17H18Cl2F3N3O/c1-16(2,3)14-10(8-24(4)5)15(26)25(23-14)13-11(18)6-9(7-12(13)19)17(20,21)22/h6-8H,1-5H3. The lowest BCUT2D eigenvalue weighted by atomic mass is 9.86. The number of hydrazone groups is 1. The molecule has 0 N–H and O–H groups in total. The zero-order valence-electron chi connectivity index (χ0n) is 14.9. The van der Waals surface area contributed by atoms with Crippen molar-refractivity contribution >= 4 is 40.5 Å². The minimum Gasteiger partial charge on any atom is -0.383 e. The van der Waals surface area contributed by atoms with Crippen LogP contribution in [0.5, 0.6) is 0 Å². The number of anilines is 1. The normalized spacial score (nSPS) is 17.2. The van der Waals surface area contributed by atoms with Crippen LogP contribution in [-0.4, -0.2) is 30.6 Å². The first-order valence-electron chi connectivity index (χ1n) is 7.62. The van der Waals surface area contributed by atoms with Crippen LogP contribution in [-0.2, 0) is 11.0 Å². The van der Waals surface area contributed by atoms with Gasteiger partial charge in [-0.05, 0) is 12.1 Å². The number of rotatable bonds is 2. The minimum atomic E-state index is -4.60. The molecule has 9 heteroatoms. The fourth-order valence-electron chi connectivity index (χ4n) is 2.43. The summed E-state index contributed by atoms with van der Waals surface area (Å²) in [6.07, 6.45) is -2.99. The quantitative estimate of drug-likeness (QED) is 0.631. The topological polar surface area (TPSA) is 35.9 Å². The van der Waals surface area contributed by atoms with Crippen molar-refractivity contribution in [1.29, 1.82) is 0 Å². The van der Waals surface area contributed by atoms with Gasteiger partial charge in [-0.3, -0.25) is 4.79 Å². The molecule has 0 saturated heterocycles. The Balaban J connectivity index is 2.63. The molecule has 1 aromatic carbocycles. The van der Waals surface area contributed by atoms with Gasteiger partial charge in [0.05, 0.1) is 26.9 Å². The van der Waals surface area contributed by atoms with Gasteiger partial charge in [0.1, 0.15) is 5.69 Å². The molecule has 1 aliphatic rings. The van der Waals surface area contributed by atoms with Gasteiger partial charge in [-0.1, -0.05) is 44.0 Å². The fourth-order valence-corrected chi connectivity index (χ4v) is 3.07. The molecular formula is C17H18Cl2F3N3O. The van der Waals surface area contributed by atoms with Crippen LogP contribution in [0.1, 0.15) is 26.3 Å². The van der Waals surface area contributed by atoms with E-state index in [0.717, 1.165) is 17.1 Å².